The quantitative estimate of drug-likeness (QED) is 0.581. The summed E-state index contributed by atoms with van der Waals surface area (Å²) in [6.07, 6.45) is -4.94. The fraction of sp³-hybridized carbons (Fsp3) is 0.381. The predicted molar refractivity (Wildman–Crippen MR) is 108 cm³/mol. The predicted octanol–water partition coefficient (Wildman–Crippen LogP) is 3.03. The number of carbonyl (C=O) groups is 2. The Labute approximate surface area is 181 Å². The zero-order valence-electron chi connectivity index (χ0n) is 17.9. The number of fused-ring (bicyclic) bond motifs is 1. The SMILES string of the molecule is COC(=O)C[C@H](NC(=O)Cc1c(C)nc2nc(C(F)(F)F)nn2c1C)c1ccc(C)cc1. The molecule has 1 atom stereocenters. The van der Waals surface area contributed by atoms with E-state index in [4.69, 9.17) is 4.74 Å². The number of aromatic nitrogens is 4. The maximum absolute atomic E-state index is 13.0. The van der Waals surface area contributed by atoms with Gasteiger partial charge in [0.2, 0.25) is 5.91 Å². The van der Waals surface area contributed by atoms with Gasteiger partial charge in [0.15, 0.2) is 0 Å². The number of halogens is 3. The van der Waals surface area contributed by atoms with E-state index in [0.717, 1.165) is 15.6 Å². The number of esters is 1. The van der Waals surface area contributed by atoms with Crippen LogP contribution in [-0.4, -0.2) is 38.6 Å². The van der Waals surface area contributed by atoms with Crippen molar-refractivity contribution in [3.8, 4) is 0 Å². The smallest absolute Gasteiger partial charge is 0.453 e. The van der Waals surface area contributed by atoms with Crippen LogP contribution in [0.15, 0.2) is 24.3 Å². The lowest BCUT2D eigenvalue weighted by Crippen LogP contribution is -2.32. The Morgan fingerprint density at radius 1 is 1.12 bits per heavy atom. The van der Waals surface area contributed by atoms with Crippen LogP contribution >= 0.6 is 0 Å². The van der Waals surface area contributed by atoms with Crippen molar-refractivity contribution in [1.29, 1.82) is 0 Å². The summed E-state index contributed by atoms with van der Waals surface area (Å²) in [4.78, 5) is 32.2. The number of hydrogen-bond acceptors (Lipinski definition) is 6. The Balaban J connectivity index is 1.87. The van der Waals surface area contributed by atoms with Gasteiger partial charge in [-0.2, -0.15) is 18.2 Å². The summed E-state index contributed by atoms with van der Waals surface area (Å²) in [5, 5.41) is 6.29. The molecule has 0 fully saturated rings. The van der Waals surface area contributed by atoms with Crippen LogP contribution in [0.2, 0.25) is 0 Å². The van der Waals surface area contributed by atoms with Crippen LogP contribution in [-0.2, 0) is 26.9 Å². The molecule has 0 radical (unpaired) electrons. The lowest BCUT2D eigenvalue weighted by atomic mass is 10.0. The fourth-order valence-electron chi connectivity index (χ4n) is 3.29. The molecule has 0 aliphatic heterocycles. The third-order valence-electron chi connectivity index (χ3n) is 5.05. The molecule has 0 saturated heterocycles. The molecule has 1 amide bonds. The average Bonchev–Trinajstić information content (AvgIpc) is 3.16. The molecule has 3 rings (SSSR count). The molecule has 0 spiro atoms. The highest BCUT2D eigenvalue weighted by Gasteiger charge is 2.37. The average molecular weight is 449 g/mol. The fourth-order valence-corrected chi connectivity index (χ4v) is 3.29. The molecule has 170 valence electrons. The highest BCUT2D eigenvalue weighted by molar-refractivity contribution is 5.80. The van der Waals surface area contributed by atoms with Crippen LogP contribution in [0.5, 0.6) is 0 Å². The Hall–Kier alpha value is -3.50. The van der Waals surface area contributed by atoms with Gasteiger partial charge in [-0.05, 0) is 26.3 Å². The monoisotopic (exact) mass is 449 g/mol. The second-order valence-corrected chi connectivity index (χ2v) is 7.39. The van der Waals surface area contributed by atoms with Gasteiger partial charge in [-0.3, -0.25) is 9.59 Å². The standard InChI is InChI=1S/C21H22F3N5O3/c1-11-5-7-14(8-6-11)16(10-18(31)32-4)26-17(30)9-15-12(2)25-20-27-19(21(22,23)24)28-29(20)13(15)3/h5-8,16H,9-10H2,1-4H3,(H,26,30)/t16-/m0/s1. The van der Waals surface area contributed by atoms with E-state index in [1.807, 2.05) is 19.1 Å². The van der Waals surface area contributed by atoms with Crippen LogP contribution in [0.1, 0.15) is 46.4 Å². The third kappa shape index (κ3) is 5.04. The second kappa shape index (κ2) is 8.93. The van der Waals surface area contributed by atoms with Crippen LogP contribution in [0.4, 0.5) is 13.2 Å². The van der Waals surface area contributed by atoms with Gasteiger partial charge in [0.1, 0.15) is 0 Å². The first kappa shape index (κ1) is 23.2. The van der Waals surface area contributed by atoms with Crippen molar-refractivity contribution >= 4 is 17.7 Å². The largest absolute Gasteiger partial charge is 0.469 e. The minimum atomic E-state index is -4.71. The van der Waals surface area contributed by atoms with Gasteiger partial charge >= 0.3 is 12.1 Å². The summed E-state index contributed by atoms with van der Waals surface area (Å²) in [7, 11) is 1.26. The van der Waals surface area contributed by atoms with Gasteiger partial charge in [0.25, 0.3) is 11.6 Å². The maximum atomic E-state index is 13.0. The molecular formula is C21H22F3N5O3. The third-order valence-corrected chi connectivity index (χ3v) is 5.05. The van der Waals surface area contributed by atoms with Gasteiger partial charge in [-0.25, -0.2) is 9.50 Å². The lowest BCUT2D eigenvalue weighted by molar-refractivity contribution is -0.145. The molecular weight excluding hydrogens is 427 g/mol. The van der Waals surface area contributed by atoms with Crippen molar-refractivity contribution in [3.05, 3.63) is 58.2 Å². The van der Waals surface area contributed by atoms with Gasteiger partial charge in [-0.1, -0.05) is 29.8 Å². The van der Waals surface area contributed by atoms with Gasteiger partial charge in [0.05, 0.1) is 26.0 Å². The number of hydrogen-bond donors (Lipinski definition) is 1. The van der Waals surface area contributed by atoms with E-state index in [1.54, 1.807) is 26.0 Å². The van der Waals surface area contributed by atoms with E-state index in [0.29, 0.717) is 17.0 Å². The van der Waals surface area contributed by atoms with Crippen molar-refractivity contribution in [2.24, 2.45) is 0 Å². The van der Waals surface area contributed by atoms with Crippen molar-refractivity contribution < 1.29 is 27.5 Å². The Kier molecular flexibility index (Phi) is 6.47. The van der Waals surface area contributed by atoms with Crippen molar-refractivity contribution in [1.82, 2.24) is 24.9 Å². The van der Waals surface area contributed by atoms with E-state index in [2.05, 4.69) is 20.4 Å². The summed E-state index contributed by atoms with van der Waals surface area (Å²) in [5.41, 5.74) is 2.86. The molecule has 2 aromatic heterocycles. The molecule has 11 heteroatoms. The van der Waals surface area contributed by atoms with Crippen LogP contribution in [0.3, 0.4) is 0 Å². The van der Waals surface area contributed by atoms with E-state index in [1.165, 1.54) is 7.11 Å². The van der Waals surface area contributed by atoms with Crippen LogP contribution in [0.25, 0.3) is 5.78 Å². The minimum Gasteiger partial charge on any atom is -0.469 e. The number of carbonyl (C=O) groups excluding carboxylic acids is 2. The summed E-state index contributed by atoms with van der Waals surface area (Å²) >= 11 is 0. The molecule has 3 aromatic rings. The topological polar surface area (TPSA) is 98.5 Å². The zero-order chi connectivity index (χ0) is 23.6. The number of methoxy groups -OCH3 is 1. The number of rotatable bonds is 6. The van der Waals surface area contributed by atoms with Gasteiger partial charge in [-0.15, -0.1) is 5.10 Å². The van der Waals surface area contributed by atoms with E-state index in [-0.39, 0.29) is 18.6 Å². The molecule has 0 unspecified atom stereocenters. The lowest BCUT2D eigenvalue weighted by Gasteiger charge is -2.19. The van der Waals surface area contributed by atoms with E-state index < -0.39 is 29.9 Å². The number of benzene rings is 1. The molecule has 2 heterocycles. The first-order valence-electron chi connectivity index (χ1n) is 9.72. The van der Waals surface area contributed by atoms with E-state index in [9.17, 15) is 22.8 Å². The molecule has 1 aromatic carbocycles. The summed E-state index contributed by atoms with van der Waals surface area (Å²) in [5.74, 6) is -2.41. The highest BCUT2D eigenvalue weighted by Crippen LogP contribution is 2.27. The Morgan fingerprint density at radius 3 is 2.38 bits per heavy atom. The van der Waals surface area contributed by atoms with Gasteiger partial charge < -0.3 is 10.1 Å². The number of nitrogens with zero attached hydrogens (tertiary/aromatic N) is 4. The Morgan fingerprint density at radius 2 is 1.78 bits per heavy atom. The number of aryl methyl sites for hydroxylation is 3. The molecule has 8 nitrogen and oxygen atoms in total. The molecule has 0 aliphatic carbocycles. The molecule has 32 heavy (non-hydrogen) atoms. The molecule has 0 aliphatic rings. The van der Waals surface area contributed by atoms with E-state index >= 15 is 0 Å². The normalized spacial score (nSPS) is 12.6. The first-order valence-corrected chi connectivity index (χ1v) is 9.72. The summed E-state index contributed by atoms with van der Waals surface area (Å²) in [6, 6.07) is 6.71. The molecule has 1 N–H and O–H groups in total. The van der Waals surface area contributed by atoms with Crippen LogP contribution in [0, 0.1) is 20.8 Å². The van der Waals surface area contributed by atoms with Crippen molar-refractivity contribution in [2.75, 3.05) is 7.11 Å². The summed E-state index contributed by atoms with van der Waals surface area (Å²) < 4.78 is 44.6. The summed E-state index contributed by atoms with van der Waals surface area (Å²) in [6.45, 7) is 5.05. The number of ether oxygens (including phenoxy) is 1. The number of alkyl halides is 3. The second-order valence-electron chi connectivity index (χ2n) is 7.39. The molecule has 0 saturated carbocycles. The van der Waals surface area contributed by atoms with Crippen LogP contribution < -0.4 is 5.32 Å². The maximum Gasteiger partial charge on any atom is 0.453 e. The van der Waals surface area contributed by atoms with Gasteiger partial charge in [0, 0.05) is 17.0 Å². The molecule has 0 bridgehead atoms. The minimum absolute atomic E-state index is 0.0709. The number of amides is 1. The highest BCUT2D eigenvalue weighted by atomic mass is 19.4. The van der Waals surface area contributed by atoms with Crippen molar-refractivity contribution in [3.63, 3.8) is 0 Å². The Bertz CT molecular complexity index is 1160. The zero-order valence-corrected chi connectivity index (χ0v) is 17.9. The number of nitrogens with one attached hydrogen (secondary N) is 1. The first-order chi connectivity index (χ1) is 15.0. The van der Waals surface area contributed by atoms with Crippen molar-refractivity contribution in [2.45, 2.75) is 45.8 Å².